The first-order valence-corrected chi connectivity index (χ1v) is 9.90. The van der Waals surface area contributed by atoms with Crippen molar-refractivity contribution in [2.24, 2.45) is 0 Å². The maximum atomic E-state index is 13.4. The van der Waals surface area contributed by atoms with Gasteiger partial charge < -0.3 is 9.47 Å². The Labute approximate surface area is 170 Å². The lowest BCUT2D eigenvalue weighted by Gasteiger charge is -2.28. The van der Waals surface area contributed by atoms with Crippen LogP contribution in [0.1, 0.15) is 19.4 Å². The molecule has 146 valence electrons. The molecule has 4 rings (SSSR count). The summed E-state index contributed by atoms with van der Waals surface area (Å²) >= 11 is 0. The molecule has 0 unspecified atom stereocenters. The molecule has 0 spiro atoms. The van der Waals surface area contributed by atoms with Gasteiger partial charge in [-0.25, -0.2) is 0 Å². The highest BCUT2D eigenvalue weighted by Gasteiger charge is 2.20. The summed E-state index contributed by atoms with van der Waals surface area (Å²) in [5, 5.41) is 1.27. The summed E-state index contributed by atoms with van der Waals surface area (Å²) in [6.07, 6.45) is 0. The minimum Gasteiger partial charge on any atom is -0.334 e. The van der Waals surface area contributed by atoms with Gasteiger partial charge in [-0.2, -0.15) is 0 Å². The second-order valence-electron chi connectivity index (χ2n) is 7.55. The van der Waals surface area contributed by atoms with Crippen LogP contribution in [0.2, 0.25) is 0 Å². The van der Waals surface area contributed by atoms with Crippen LogP contribution < -0.4 is 5.43 Å². The minimum atomic E-state index is 0.00454. The van der Waals surface area contributed by atoms with Crippen molar-refractivity contribution < 1.29 is 4.79 Å². The Hall–Kier alpha value is -3.40. The summed E-state index contributed by atoms with van der Waals surface area (Å²) in [6, 6.07) is 25.1. The summed E-state index contributed by atoms with van der Waals surface area (Å²) in [5.74, 6) is 0.0304. The van der Waals surface area contributed by atoms with E-state index >= 15 is 0 Å². The van der Waals surface area contributed by atoms with E-state index in [0.29, 0.717) is 17.3 Å². The smallest absolute Gasteiger partial charge is 0.243 e. The van der Waals surface area contributed by atoms with Gasteiger partial charge in [0, 0.05) is 23.4 Å². The van der Waals surface area contributed by atoms with Crippen molar-refractivity contribution in [2.45, 2.75) is 33.0 Å². The number of benzene rings is 3. The summed E-state index contributed by atoms with van der Waals surface area (Å²) < 4.78 is 1.97. The molecule has 3 aromatic carbocycles. The van der Waals surface area contributed by atoms with Crippen LogP contribution in [-0.4, -0.2) is 21.4 Å². The Bertz CT molecular complexity index is 1170. The Morgan fingerprint density at radius 2 is 1.34 bits per heavy atom. The fourth-order valence-electron chi connectivity index (χ4n) is 3.81. The number of nitrogens with zero attached hydrogens (tertiary/aromatic N) is 2. The largest absolute Gasteiger partial charge is 0.334 e. The zero-order valence-corrected chi connectivity index (χ0v) is 16.7. The molecule has 0 fully saturated rings. The van der Waals surface area contributed by atoms with E-state index in [0.717, 1.165) is 16.6 Å². The Balaban J connectivity index is 1.78. The summed E-state index contributed by atoms with van der Waals surface area (Å²) in [4.78, 5) is 28.1. The molecule has 4 heteroatoms. The number of para-hydroxylation sites is 2. The van der Waals surface area contributed by atoms with Gasteiger partial charge in [0.15, 0.2) is 5.43 Å². The van der Waals surface area contributed by atoms with E-state index < -0.39 is 0 Å². The predicted octanol–water partition coefficient (Wildman–Crippen LogP) is 4.59. The first-order chi connectivity index (χ1) is 14.1. The number of hydrogen-bond acceptors (Lipinski definition) is 2. The van der Waals surface area contributed by atoms with Crippen LogP contribution in [0, 0.1) is 0 Å². The van der Waals surface area contributed by atoms with E-state index in [2.05, 4.69) is 0 Å². The number of pyridine rings is 1. The van der Waals surface area contributed by atoms with Crippen molar-refractivity contribution in [3.63, 3.8) is 0 Å². The molecule has 1 amide bonds. The van der Waals surface area contributed by atoms with Gasteiger partial charge in [0.05, 0.1) is 11.0 Å². The number of amides is 1. The second kappa shape index (κ2) is 7.92. The topological polar surface area (TPSA) is 42.3 Å². The van der Waals surface area contributed by atoms with Gasteiger partial charge in [-0.1, -0.05) is 54.6 Å². The molecule has 0 aliphatic heterocycles. The van der Waals surface area contributed by atoms with Crippen LogP contribution in [0.15, 0.2) is 83.7 Å². The average molecular weight is 384 g/mol. The van der Waals surface area contributed by atoms with Crippen molar-refractivity contribution in [1.82, 2.24) is 9.47 Å². The molecular weight excluding hydrogens is 360 g/mol. The third kappa shape index (κ3) is 3.66. The highest BCUT2D eigenvalue weighted by atomic mass is 16.2. The van der Waals surface area contributed by atoms with Crippen molar-refractivity contribution in [3.8, 4) is 0 Å². The molecular formula is C25H24N2O2. The fourth-order valence-corrected chi connectivity index (χ4v) is 3.81. The lowest BCUT2D eigenvalue weighted by atomic mass is 10.1. The van der Waals surface area contributed by atoms with Gasteiger partial charge in [-0.3, -0.25) is 9.59 Å². The van der Waals surface area contributed by atoms with Gasteiger partial charge in [-0.15, -0.1) is 0 Å². The van der Waals surface area contributed by atoms with E-state index in [1.165, 1.54) is 0 Å². The fraction of sp³-hybridized carbons (Fsp3) is 0.200. The van der Waals surface area contributed by atoms with E-state index in [-0.39, 0.29) is 23.9 Å². The number of fused-ring (bicyclic) bond motifs is 2. The summed E-state index contributed by atoms with van der Waals surface area (Å²) in [5.41, 5.74) is 2.68. The zero-order chi connectivity index (χ0) is 20.4. The van der Waals surface area contributed by atoms with Gasteiger partial charge in [0.1, 0.15) is 6.54 Å². The average Bonchev–Trinajstić information content (AvgIpc) is 2.75. The van der Waals surface area contributed by atoms with E-state index in [1.54, 1.807) is 0 Å². The number of aromatic nitrogens is 1. The maximum absolute atomic E-state index is 13.4. The molecule has 0 saturated carbocycles. The molecule has 4 aromatic rings. The van der Waals surface area contributed by atoms with Gasteiger partial charge >= 0.3 is 0 Å². The van der Waals surface area contributed by atoms with E-state index in [4.69, 9.17) is 0 Å². The van der Waals surface area contributed by atoms with E-state index in [9.17, 15) is 9.59 Å². The SMILES string of the molecule is CC(C)N(Cc1ccccc1)C(=O)Cn1c2ccccc2c(=O)c2ccccc21. The normalized spacial score (nSPS) is 11.3. The Morgan fingerprint density at radius 3 is 1.90 bits per heavy atom. The third-order valence-electron chi connectivity index (χ3n) is 5.31. The van der Waals surface area contributed by atoms with Gasteiger partial charge in [0.2, 0.25) is 5.91 Å². The maximum Gasteiger partial charge on any atom is 0.243 e. The second-order valence-corrected chi connectivity index (χ2v) is 7.55. The van der Waals surface area contributed by atoms with Crippen molar-refractivity contribution in [1.29, 1.82) is 0 Å². The zero-order valence-electron chi connectivity index (χ0n) is 16.7. The van der Waals surface area contributed by atoms with Crippen LogP contribution in [0.4, 0.5) is 0 Å². The first kappa shape index (κ1) is 18.9. The van der Waals surface area contributed by atoms with Gasteiger partial charge in [-0.05, 0) is 43.7 Å². The van der Waals surface area contributed by atoms with Crippen LogP contribution in [-0.2, 0) is 17.9 Å². The quantitative estimate of drug-likeness (QED) is 0.472. The first-order valence-electron chi connectivity index (χ1n) is 9.90. The van der Waals surface area contributed by atoms with Crippen molar-refractivity contribution in [2.75, 3.05) is 0 Å². The number of hydrogen-bond donors (Lipinski definition) is 0. The highest BCUT2D eigenvalue weighted by Crippen LogP contribution is 2.20. The lowest BCUT2D eigenvalue weighted by molar-refractivity contribution is -0.134. The van der Waals surface area contributed by atoms with Crippen LogP contribution in [0.25, 0.3) is 21.8 Å². The number of carbonyl (C=O) groups excluding carboxylic acids is 1. The predicted molar refractivity (Wildman–Crippen MR) is 118 cm³/mol. The van der Waals surface area contributed by atoms with E-state index in [1.807, 2.05) is 102 Å². The molecule has 0 bridgehead atoms. The molecule has 0 N–H and O–H groups in total. The Morgan fingerprint density at radius 1 is 0.828 bits per heavy atom. The molecule has 0 atom stereocenters. The number of carbonyl (C=O) groups is 1. The monoisotopic (exact) mass is 384 g/mol. The molecule has 1 aromatic heterocycles. The van der Waals surface area contributed by atoms with Crippen LogP contribution in [0.3, 0.4) is 0 Å². The van der Waals surface area contributed by atoms with Crippen LogP contribution >= 0.6 is 0 Å². The van der Waals surface area contributed by atoms with Crippen LogP contribution in [0.5, 0.6) is 0 Å². The Kier molecular flexibility index (Phi) is 5.17. The standard InChI is InChI=1S/C25H24N2O2/c1-18(2)26(16-19-10-4-3-5-11-19)24(28)17-27-22-14-8-6-12-20(22)25(29)21-13-7-9-15-23(21)27/h3-15,18H,16-17H2,1-2H3. The minimum absolute atomic E-state index is 0.00454. The highest BCUT2D eigenvalue weighted by molar-refractivity contribution is 5.94. The molecule has 29 heavy (non-hydrogen) atoms. The molecule has 0 aliphatic rings. The number of rotatable bonds is 5. The summed E-state index contributed by atoms with van der Waals surface area (Å²) in [6.45, 7) is 4.81. The van der Waals surface area contributed by atoms with Gasteiger partial charge in [0.25, 0.3) is 0 Å². The van der Waals surface area contributed by atoms with Crippen molar-refractivity contribution in [3.05, 3.63) is 94.6 Å². The molecule has 0 aliphatic carbocycles. The molecule has 0 radical (unpaired) electrons. The molecule has 0 saturated heterocycles. The van der Waals surface area contributed by atoms with Crippen molar-refractivity contribution >= 4 is 27.7 Å². The molecule has 1 heterocycles. The third-order valence-corrected chi connectivity index (χ3v) is 5.31. The lowest BCUT2D eigenvalue weighted by Crippen LogP contribution is -2.38. The summed E-state index contributed by atoms with van der Waals surface area (Å²) in [7, 11) is 0. The molecule has 4 nitrogen and oxygen atoms in total.